The molecule has 0 radical (unpaired) electrons. The molecule has 1 aliphatic rings. The van der Waals surface area contributed by atoms with E-state index in [2.05, 4.69) is 21.9 Å². The molecule has 1 aliphatic heterocycles. The van der Waals surface area contributed by atoms with Crippen LogP contribution in [0.2, 0.25) is 5.02 Å². The summed E-state index contributed by atoms with van der Waals surface area (Å²) in [6.45, 7) is 6.24. The molecular weight excluding hydrogens is 447 g/mol. The van der Waals surface area contributed by atoms with Crippen molar-refractivity contribution in [1.82, 2.24) is 19.8 Å². The Morgan fingerprint density at radius 3 is 2.79 bits per heavy atom. The van der Waals surface area contributed by atoms with Gasteiger partial charge in [-0.3, -0.25) is 4.79 Å². The van der Waals surface area contributed by atoms with Crippen LogP contribution in [-0.4, -0.2) is 51.3 Å². The summed E-state index contributed by atoms with van der Waals surface area (Å²) < 4.78 is 14.5. The Hall–Kier alpha value is -3.72. The van der Waals surface area contributed by atoms with Crippen molar-refractivity contribution in [2.24, 2.45) is 5.73 Å². The smallest absolute Gasteiger partial charge is 0.315 e. The summed E-state index contributed by atoms with van der Waals surface area (Å²) in [5.74, 6) is -0.458. The predicted molar refractivity (Wildman–Crippen MR) is 125 cm³/mol. The lowest BCUT2D eigenvalue weighted by Gasteiger charge is -2.48. The van der Waals surface area contributed by atoms with Crippen molar-refractivity contribution in [3.8, 4) is 0 Å². The van der Waals surface area contributed by atoms with Crippen molar-refractivity contribution in [1.29, 1.82) is 0 Å². The molecule has 2 aromatic carbocycles. The maximum absolute atomic E-state index is 14.5. The van der Waals surface area contributed by atoms with Gasteiger partial charge in [0.2, 0.25) is 5.91 Å². The molecule has 10 heteroatoms. The van der Waals surface area contributed by atoms with Crippen LogP contribution in [0.25, 0.3) is 10.9 Å². The predicted octanol–water partition coefficient (Wildman–Crippen LogP) is 3.79. The summed E-state index contributed by atoms with van der Waals surface area (Å²) >= 11 is 5.90. The van der Waals surface area contributed by atoms with Gasteiger partial charge in [-0.2, -0.15) is 0 Å². The molecule has 3 N–H and O–H groups in total. The summed E-state index contributed by atoms with van der Waals surface area (Å²) in [5.41, 5.74) is 6.27. The molecule has 4 rings (SSSR count). The van der Waals surface area contributed by atoms with Gasteiger partial charge >= 0.3 is 6.03 Å². The molecule has 2 heterocycles. The number of hydrogen-bond donors (Lipinski definition) is 2. The SMILES string of the molecule is C=CC(=O)N1CCN(C(N)=O)[C@](C)(c2ccc3ncnc(Nc4cccc(Cl)c4F)c3c2)C1. The Bertz CT molecular complexity index is 1270. The van der Waals surface area contributed by atoms with Crippen LogP contribution in [0.5, 0.6) is 0 Å². The molecule has 8 nitrogen and oxygen atoms in total. The molecule has 0 saturated carbocycles. The van der Waals surface area contributed by atoms with Crippen molar-refractivity contribution in [2.45, 2.75) is 12.5 Å². The maximum atomic E-state index is 14.5. The number of urea groups is 1. The number of nitrogens with zero attached hydrogens (tertiary/aromatic N) is 4. The fourth-order valence-corrected chi connectivity index (χ4v) is 4.31. The Labute approximate surface area is 194 Å². The van der Waals surface area contributed by atoms with Gasteiger partial charge in [-0.15, -0.1) is 0 Å². The van der Waals surface area contributed by atoms with Gasteiger partial charge in [0.25, 0.3) is 0 Å². The van der Waals surface area contributed by atoms with Gasteiger partial charge in [0, 0.05) is 25.0 Å². The number of hydrogen-bond acceptors (Lipinski definition) is 5. The number of aromatic nitrogens is 2. The minimum absolute atomic E-state index is 0.0159. The highest BCUT2D eigenvalue weighted by Crippen LogP contribution is 2.36. The number of primary amides is 1. The minimum atomic E-state index is -0.911. The third-order valence-corrected chi connectivity index (χ3v) is 6.19. The highest BCUT2D eigenvalue weighted by Gasteiger charge is 2.42. The average molecular weight is 469 g/mol. The van der Waals surface area contributed by atoms with E-state index in [0.29, 0.717) is 23.3 Å². The van der Waals surface area contributed by atoms with E-state index in [0.717, 1.165) is 5.56 Å². The molecule has 0 unspecified atom stereocenters. The summed E-state index contributed by atoms with van der Waals surface area (Å²) in [6.07, 6.45) is 2.62. The topological polar surface area (TPSA) is 104 Å². The van der Waals surface area contributed by atoms with E-state index in [1.165, 1.54) is 23.4 Å². The second-order valence-corrected chi connectivity index (χ2v) is 8.32. The molecule has 33 heavy (non-hydrogen) atoms. The van der Waals surface area contributed by atoms with Gasteiger partial charge in [-0.1, -0.05) is 30.3 Å². The Kier molecular flexibility index (Phi) is 5.90. The van der Waals surface area contributed by atoms with Crippen molar-refractivity contribution in [2.75, 3.05) is 25.0 Å². The number of carbonyl (C=O) groups excluding carboxylic acids is 2. The number of piperazine rings is 1. The first-order valence-corrected chi connectivity index (χ1v) is 10.6. The normalized spacial score (nSPS) is 18.3. The molecule has 0 bridgehead atoms. The van der Waals surface area contributed by atoms with Crippen LogP contribution in [-0.2, 0) is 10.3 Å². The van der Waals surface area contributed by atoms with Crippen LogP contribution in [0.15, 0.2) is 55.4 Å². The second-order valence-electron chi connectivity index (χ2n) is 7.91. The highest BCUT2D eigenvalue weighted by molar-refractivity contribution is 6.31. The van der Waals surface area contributed by atoms with Crippen molar-refractivity contribution in [3.63, 3.8) is 0 Å². The molecule has 1 aromatic heterocycles. The van der Waals surface area contributed by atoms with Gasteiger partial charge < -0.3 is 20.9 Å². The number of amides is 3. The van der Waals surface area contributed by atoms with Gasteiger partial charge in [0.15, 0.2) is 5.82 Å². The van der Waals surface area contributed by atoms with E-state index in [1.54, 1.807) is 23.1 Å². The number of rotatable bonds is 4. The zero-order valence-electron chi connectivity index (χ0n) is 17.9. The molecule has 3 amide bonds. The second kappa shape index (κ2) is 8.67. The number of anilines is 2. The van der Waals surface area contributed by atoms with Crippen LogP contribution < -0.4 is 11.1 Å². The lowest BCUT2D eigenvalue weighted by Crippen LogP contribution is -2.62. The summed E-state index contributed by atoms with van der Waals surface area (Å²) in [4.78, 5) is 36.3. The summed E-state index contributed by atoms with van der Waals surface area (Å²) in [7, 11) is 0. The molecule has 1 saturated heterocycles. The lowest BCUT2D eigenvalue weighted by atomic mass is 9.86. The van der Waals surface area contributed by atoms with Crippen LogP contribution in [0.3, 0.4) is 0 Å². The highest BCUT2D eigenvalue weighted by atomic mass is 35.5. The quantitative estimate of drug-likeness (QED) is 0.567. The number of benzene rings is 2. The zero-order valence-corrected chi connectivity index (χ0v) is 18.6. The van der Waals surface area contributed by atoms with Crippen molar-refractivity contribution < 1.29 is 14.0 Å². The van der Waals surface area contributed by atoms with E-state index in [9.17, 15) is 14.0 Å². The number of fused-ring (bicyclic) bond motifs is 1. The number of carbonyl (C=O) groups is 2. The van der Waals surface area contributed by atoms with Crippen molar-refractivity contribution >= 4 is 45.9 Å². The van der Waals surface area contributed by atoms with E-state index in [4.69, 9.17) is 17.3 Å². The largest absolute Gasteiger partial charge is 0.351 e. The Morgan fingerprint density at radius 1 is 1.27 bits per heavy atom. The number of halogens is 2. The summed E-state index contributed by atoms with van der Waals surface area (Å²) in [6, 6.07) is 9.47. The van der Waals surface area contributed by atoms with E-state index in [-0.39, 0.29) is 29.7 Å². The van der Waals surface area contributed by atoms with Gasteiger partial charge in [-0.25, -0.2) is 19.2 Å². The first-order chi connectivity index (χ1) is 15.7. The fraction of sp³-hybridized carbons (Fsp3) is 0.217. The van der Waals surface area contributed by atoms with Crippen LogP contribution in [0.4, 0.5) is 20.7 Å². The molecule has 1 fully saturated rings. The van der Waals surface area contributed by atoms with Crippen LogP contribution >= 0.6 is 11.6 Å². The van der Waals surface area contributed by atoms with Crippen molar-refractivity contribution in [3.05, 3.63) is 71.8 Å². The minimum Gasteiger partial charge on any atom is -0.351 e. The Balaban J connectivity index is 1.81. The monoisotopic (exact) mass is 468 g/mol. The number of nitrogens with two attached hydrogens (primary N) is 1. The molecular formula is C23H22ClFN6O2. The molecule has 3 aromatic rings. The Morgan fingerprint density at radius 2 is 2.06 bits per heavy atom. The van der Waals surface area contributed by atoms with Gasteiger partial charge in [0.05, 0.1) is 21.8 Å². The molecule has 1 atom stereocenters. The summed E-state index contributed by atoms with van der Waals surface area (Å²) in [5, 5.41) is 3.56. The van der Waals surface area contributed by atoms with Gasteiger partial charge in [0.1, 0.15) is 12.1 Å². The maximum Gasteiger partial charge on any atom is 0.315 e. The number of nitrogens with one attached hydrogen (secondary N) is 1. The average Bonchev–Trinajstić information content (AvgIpc) is 2.81. The van der Waals surface area contributed by atoms with Gasteiger partial charge in [-0.05, 0) is 42.8 Å². The molecule has 0 aliphatic carbocycles. The zero-order chi connectivity index (χ0) is 23.8. The standard InChI is InChI=1S/C23H22ClFN6O2/c1-3-19(32)30-9-10-31(22(26)33)23(2,12-30)14-7-8-17-15(11-14)21(28-13-27-17)29-18-6-4-5-16(24)20(18)25/h3-8,11,13H,1,9-10,12H2,2H3,(H2,26,33)(H,27,28,29)/t23-/m0/s1. The molecule has 0 spiro atoms. The third kappa shape index (κ3) is 4.07. The van der Waals surface area contributed by atoms with E-state index >= 15 is 0 Å². The first-order valence-electron chi connectivity index (χ1n) is 10.2. The van der Waals surface area contributed by atoms with E-state index < -0.39 is 17.4 Å². The lowest BCUT2D eigenvalue weighted by molar-refractivity contribution is -0.130. The molecule has 170 valence electrons. The van der Waals surface area contributed by atoms with Crippen LogP contribution in [0.1, 0.15) is 12.5 Å². The van der Waals surface area contributed by atoms with Crippen LogP contribution in [0, 0.1) is 5.82 Å². The van der Waals surface area contributed by atoms with E-state index in [1.807, 2.05) is 19.1 Å². The third-order valence-electron chi connectivity index (χ3n) is 5.90. The first kappa shape index (κ1) is 22.5. The fourth-order valence-electron chi connectivity index (χ4n) is 4.14.